The average Bonchev–Trinajstić information content (AvgIpc) is 2.70. The van der Waals surface area contributed by atoms with E-state index in [4.69, 9.17) is 0 Å². The Kier molecular flexibility index (Phi) is 2.42. The summed E-state index contributed by atoms with van der Waals surface area (Å²) in [7, 11) is 0. The molecule has 7 nitrogen and oxygen atoms in total. The zero-order valence-electron chi connectivity index (χ0n) is 7.24. The molecule has 0 aliphatic rings. The van der Waals surface area contributed by atoms with Crippen molar-refractivity contribution >= 4 is 21.6 Å². The molecular weight excluding hydrogens is 266 g/mol. The Morgan fingerprint density at radius 3 is 2.87 bits per heavy atom. The van der Waals surface area contributed by atoms with Gasteiger partial charge in [-0.2, -0.15) is 0 Å². The van der Waals surface area contributed by atoms with Gasteiger partial charge in [-0.25, -0.2) is 9.67 Å². The van der Waals surface area contributed by atoms with Crippen LogP contribution in [0.15, 0.2) is 29.1 Å². The molecule has 0 aliphatic carbocycles. The number of pyridine rings is 1. The molecule has 0 aliphatic heterocycles. The highest BCUT2D eigenvalue weighted by Crippen LogP contribution is 2.22. The van der Waals surface area contributed by atoms with E-state index in [-0.39, 0.29) is 5.69 Å². The summed E-state index contributed by atoms with van der Waals surface area (Å²) in [5.74, 6) is 0.457. The third kappa shape index (κ3) is 1.84. The van der Waals surface area contributed by atoms with E-state index in [1.807, 2.05) is 0 Å². The largest absolute Gasteiger partial charge is 0.288 e. The quantitative estimate of drug-likeness (QED) is 0.606. The summed E-state index contributed by atoms with van der Waals surface area (Å²) in [6, 6.07) is 1.37. The van der Waals surface area contributed by atoms with E-state index in [2.05, 4.69) is 31.2 Å². The van der Waals surface area contributed by atoms with Crippen LogP contribution >= 0.6 is 15.9 Å². The maximum absolute atomic E-state index is 10.5. The molecule has 2 rings (SSSR count). The van der Waals surface area contributed by atoms with Gasteiger partial charge in [0.25, 0.3) is 5.69 Å². The summed E-state index contributed by atoms with van der Waals surface area (Å²) >= 11 is 3.18. The zero-order valence-corrected chi connectivity index (χ0v) is 8.83. The van der Waals surface area contributed by atoms with Crippen LogP contribution in [0.4, 0.5) is 5.69 Å². The van der Waals surface area contributed by atoms with Crippen LogP contribution in [-0.4, -0.2) is 24.9 Å². The number of aromatic nitrogens is 4. The number of hydrogen-bond acceptors (Lipinski definition) is 5. The van der Waals surface area contributed by atoms with Gasteiger partial charge in [-0.1, -0.05) is 5.21 Å². The number of halogens is 1. The number of nitrogens with zero attached hydrogens (tertiary/aromatic N) is 5. The fourth-order valence-electron chi connectivity index (χ4n) is 1.01. The molecule has 2 heterocycles. The van der Waals surface area contributed by atoms with Crippen LogP contribution in [-0.2, 0) is 0 Å². The second-order valence-corrected chi connectivity index (χ2v) is 3.46. The normalized spacial score (nSPS) is 10.2. The summed E-state index contributed by atoms with van der Waals surface area (Å²) in [5.41, 5.74) is -0.0780. The molecule has 2 aromatic heterocycles. The number of nitro groups is 1. The van der Waals surface area contributed by atoms with E-state index in [1.165, 1.54) is 23.1 Å². The van der Waals surface area contributed by atoms with Crippen molar-refractivity contribution in [2.75, 3.05) is 0 Å². The van der Waals surface area contributed by atoms with Gasteiger partial charge in [-0.15, -0.1) is 5.10 Å². The van der Waals surface area contributed by atoms with E-state index in [0.29, 0.717) is 10.3 Å². The highest BCUT2D eigenvalue weighted by atomic mass is 79.9. The standard InChI is InChI=1S/C7H4BrN5O2/c8-6-3-5(13(14)15)4-9-7(6)12-2-1-10-11-12/h1-4H. The fraction of sp³-hybridized carbons (Fsp3) is 0. The molecular formula is C7H4BrN5O2. The molecule has 0 saturated heterocycles. The van der Waals surface area contributed by atoms with Gasteiger partial charge in [0.15, 0.2) is 5.82 Å². The third-order valence-electron chi connectivity index (χ3n) is 1.66. The molecule has 0 N–H and O–H groups in total. The second kappa shape index (κ2) is 3.73. The molecule has 0 fully saturated rings. The monoisotopic (exact) mass is 269 g/mol. The molecule has 15 heavy (non-hydrogen) atoms. The lowest BCUT2D eigenvalue weighted by Gasteiger charge is -2.01. The Labute approximate surface area is 92.0 Å². The minimum atomic E-state index is -0.511. The Morgan fingerprint density at radius 2 is 2.33 bits per heavy atom. The average molecular weight is 270 g/mol. The van der Waals surface area contributed by atoms with Crippen molar-refractivity contribution in [2.24, 2.45) is 0 Å². The van der Waals surface area contributed by atoms with Crippen LogP contribution in [0.5, 0.6) is 0 Å². The van der Waals surface area contributed by atoms with Gasteiger partial charge >= 0.3 is 0 Å². The molecule has 0 amide bonds. The van der Waals surface area contributed by atoms with Crippen molar-refractivity contribution in [1.82, 2.24) is 20.0 Å². The molecule has 0 aromatic carbocycles. The minimum Gasteiger partial charge on any atom is -0.258 e. The van der Waals surface area contributed by atoms with E-state index in [1.54, 1.807) is 6.20 Å². The summed E-state index contributed by atoms with van der Waals surface area (Å²) in [5, 5.41) is 17.8. The zero-order chi connectivity index (χ0) is 10.8. The fourth-order valence-corrected chi connectivity index (χ4v) is 1.53. The van der Waals surface area contributed by atoms with E-state index in [9.17, 15) is 10.1 Å². The molecule has 2 aromatic rings. The predicted molar refractivity (Wildman–Crippen MR) is 53.5 cm³/mol. The lowest BCUT2D eigenvalue weighted by Crippen LogP contribution is -2.00. The van der Waals surface area contributed by atoms with E-state index >= 15 is 0 Å². The van der Waals surface area contributed by atoms with Gasteiger partial charge in [0, 0.05) is 6.07 Å². The lowest BCUT2D eigenvalue weighted by atomic mass is 10.4. The van der Waals surface area contributed by atoms with Crippen LogP contribution in [0.1, 0.15) is 0 Å². The van der Waals surface area contributed by atoms with Crippen LogP contribution in [0.2, 0.25) is 0 Å². The first kappa shape index (κ1) is 9.71. The van der Waals surface area contributed by atoms with E-state index < -0.39 is 4.92 Å². The summed E-state index contributed by atoms with van der Waals surface area (Å²) in [6.45, 7) is 0. The highest BCUT2D eigenvalue weighted by Gasteiger charge is 2.11. The molecule has 0 spiro atoms. The van der Waals surface area contributed by atoms with Gasteiger partial charge in [0.05, 0.1) is 21.8 Å². The molecule has 0 saturated carbocycles. The van der Waals surface area contributed by atoms with Crippen molar-refractivity contribution < 1.29 is 4.92 Å². The smallest absolute Gasteiger partial charge is 0.258 e. The number of rotatable bonds is 2. The van der Waals surface area contributed by atoms with Crippen LogP contribution in [0.25, 0.3) is 5.82 Å². The minimum absolute atomic E-state index is 0.0780. The summed E-state index contributed by atoms with van der Waals surface area (Å²) in [4.78, 5) is 13.9. The topological polar surface area (TPSA) is 86.7 Å². The third-order valence-corrected chi connectivity index (χ3v) is 2.24. The molecule has 0 atom stereocenters. The Bertz CT molecular complexity index is 498. The maximum atomic E-state index is 10.5. The van der Waals surface area contributed by atoms with Gasteiger partial charge in [0.1, 0.15) is 6.20 Å². The summed E-state index contributed by atoms with van der Waals surface area (Å²) < 4.78 is 1.90. The number of hydrogen-bond donors (Lipinski definition) is 0. The van der Waals surface area contributed by atoms with Crippen molar-refractivity contribution in [3.63, 3.8) is 0 Å². The molecule has 0 unspecified atom stereocenters. The van der Waals surface area contributed by atoms with Gasteiger partial charge in [-0.3, -0.25) is 10.1 Å². The maximum Gasteiger partial charge on any atom is 0.288 e. The van der Waals surface area contributed by atoms with Crippen LogP contribution in [0, 0.1) is 10.1 Å². The van der Waals surface area contributed by atoms with Gasteiger partial charge in [-0.05, 0) is 15.9 Å². The van der Waals surface area contributed by atoms with Crippen LogP contribution < -0.4 is 0 Å². The first-order valence-corrected chi connectivity index (χ1v) is 4.64. The van der Waals surface area contributed by atoms with Crippen molar-refractivity contribution in [2.45, 2.75) is 0 Å². The Hall–Kier alpha value is -1.83. The molecule has 0 radical (unpaired) electrons. The van der Waals surface area contributed by atoms with Gasteiger partial charge in [0.2, 0.25) is 0 Å². The first-order chi connectivity index (χ1) is 7.18. The van der Waals surface area contributed by atoms with Crippen molar-refractivity contribution in [3.8, 4) is 5.82 Å². The SMILES string of the molecule is O=[N+]([O-])c1cnc(-n2ccnn2)c(Br)c1. The second-order valence-electron chi connectivity index (χ2n) is 2.60. The van der Waals surface area contributed by atoms with E-state index in [0.717, 1.165) is 0 Å². The van der Waals surface area contributed by atoms with Crippen molar-refractivity contribution in [3.05, 3.63) is 39.2 Å². The molecule has 8 heteroatoms. The predicted octanol–water partition coefficient (Wildman–Crippen LogP) is 1.33. The molecule has 76 valence electrons. The summed E-state index contributed by atoms with van der Waals surface area (Å²) in [6.07, 6.45) is 4.26. The van der Waals surface area contributed by atoms with Crippen molar-refractivity contribution in [1.29, 1.82) is 0 Å². The first-order valence-electron chi connectivity index (χ1n) is 3.85. The highest BCUT2D eigenvalue weighted by molar-refractivity contribution is 9.10. The van der Waals surface area contributed by atoms with Crippen LogP contribution in [0.3, 0.4) is 0 Å². The molecule has 0 bridgehead atoms. The lowest BCUT2D eigenvalue weighted by molar-refractivity contribution is -0.385. The van der Waals surface area contributed by atoms with Gasteiger partial charge < -0.3 is 0 Å². The Balaban J connectivity index is 2.48. The Morgan fingerprint density at radius 1 is 1.53 bits per heavy atom.